The predicted octanol–water partition coefficient (Wildman–Crippen LogP) is 4.66. The maximum absolute atomic E-state index is 12.6. The van der Waals surface area contributed by atoms with Crippen LogP contribution in [0.5, 0.6) is 0 Å². The number of carbonyl (C=O) groups is 1. The Labute approximate surface area is 165 Å². The highest BCUT2D eigenvalue weighted by molar-refractivity contribution is 7.92. The Morgan fingerprint density at radius 1 is 0.821 bits per heavy atom. The van der Waals surface area contributed by atoms with Gasteiger partial charge in [-0.25, -0.2) is 8.42 Å². The normalized spacial score (nSPS) is 11.1. The molecular weight excluding hydrogens is 372 g/mol. The van der Waals surface area contributed by atoms with Gasteiger partial charge in [-0.2, -0.15) is 0 Å². The third-order valence-corrected chi connectivity index (χ3v) is 5.77. The molecule has 0 aliphatic carbocycles. The fourth-order valence-electron chi connectivity index (χ4n) is 3.07. The highest BCUT2D eigenvalue weighted by Crippen LogP contribution is 2.23. The first-order chi connectivity index (χ1) is 13.3. The number of hydrogen-bond acceptors (Lipinski definition) is 3. The fourth-order valence-corrected chi connectivity index (χ4v) is 4.15. The molecule has 0 saturated carbocycles. The molecule has 0 unspecified atom stereocenters. The molecule has 0 bridgehead atoms. The van der Waals surface area contributed by atoms with Crippen LogP contribution in [0.25, 0.3) is 0 Å². The maximum atomic E-state index is 12.6. The van der Waals surface area contributed by atoms with Crippen molar-refractivity contribution >= 4 is 27.3 Å². The lowest BCUT2D eigenvalue weighted by atomic mass is 10.0. The summed E-state index contributed by atoms with van der Waals surface area (Å²) in [5, 5.41) is 2.94. The number of aryl methyl sites for hydroxylation is 3. The zero-order chi connectivity index (χ0) is 20.3. The zero-order valence-electron chi connectivity index (χ0n) is 16.0. The van der Waals surface area contributed by atoms with Crippen LogP contribution in [0.2, 0.25) is 0 Å². The fraction of sp³-hybridized carbons (Fsp3) is 0.136. The first-order valence-electron chi connectivity index (χ1n) is 8.83. The second kappa shape index (κ2) is 7.86. The molecule has 6 heteroatoms. The molecule has 0 saturated heterocycles. The third kappa shape index (κ3) is 4.40. The molecule has 1 amide bonds. The van der Waals surface area contributed by atoms with Crippen molar-refractivity contribution in [2.45, 2.75) is 25.7 Å². The van der Waals surface area contributed by atoms with Crippen LogP contribution in [-0.2, 0) is 10.0 Å². The summed E-state index contributed by atoms with van der Waals surface area (Å²) in [6, 6.07) is 18.5. The van der Waals surface area contributed by atoms with E-state index in [4.69, 9.17) is 0 Å². The van der Waals surface area contributed by atoms with Crippen molar-refractivity contribution in [2.75, 3.05) is 10.0 Å². The molecule has 0 aromatic heterocycles. The quantitative estimate of drug-likeness (QED) is 0.661. The van der Waals surface area contributed by atoms with Crippen LogP contribution in [0.4, 0.5) is 11.4 Å². The van der Waals surface area contributed by atoms with Gasteiger partial charge in [0, 0.05) is 16.9 Å². The number of rotatable bonds is 5. The lowest BCUT2D eigenvalue weighted by molar-refractivity contribution is 0.102. The van der Waals surface area contributed by atoms with E-state index in [1.165, 1.54) is 12.1 Å². The van der Waals surface area contributed by atoms with Crippen LogP contribution in [0, 0.1) is 20.8 Å². The molecule has 2 N–H and O–H groups in total. The molecule has 0 aliphatic rings. The standard InChI is InChI=1S/C22H22N2O3S/c1-15-13-16(2)21(17(3)14-15)23-22(25)18-9-11-19(12-10-18)24-28(26,27)20-7-5-4-6-8-20/h4-14,24H,1-3H3,(H,23,25). The van der Waals surface area contributed by atoms with Crippen LogP contribution in [0.1, 0.15) is 27.0 Å². The van der Waals surface area contributed by atoms with Gasteiger partial charge in [0.1, 0.15) is 0 Å². The Hall–Kier alpha value is -3.12. The second-order valence-corrected chi connectivity index (χ2v) is 8.41. The Balaban J connectivity index is 1.75. The van der Waals surface area contributed by atoms with E-state index in [0.717, 1.165) is 22.4 Å². The van der Waals surface area contributed by atoms with Crippen molar-refractivity contribution in [3.8, 4) is 0 Å². The number of amides is 1. The molecule has 3 rings (SSSR count). The van der Waals surface area contributed by atoms with Gasteiger partial charge in [-0.15, -0.1) is 0 Å². The first kappa shape index (κ1) is 19.6. The minimum atomic E-state index is -3.66. The van der Waals surface area contributed by atoms with Crippen molar-refractivity contribution in [3.05, 3.63) is 89.0 Å². The number of sulfonamides is 1. The molecule has 3 aromatic rings. The molecule has 144 valence electrons. The van der Waals surface area contributed by atoms with E-state index in [9.17, 15) is 13.2 Å². The van der Waals surface area contributed by atoms with Gasteiger partial charge in [-0.3, -0.25) is 9.52 Å². The van der Waals surface area contributed by atoms with Gasteiger partial charge in [-0.05, 0) is 68.3 Å². The van der Waals surface area contributed by atoms with E-state index >= 15 is 0 Å². The summed E-state index contributed by atoms with van der Waals surface area (Å²) >= 11 is 0. The van der Waals surface area contributed by atoms with Crippen LogP contribution in [0.15, 0.2) is 71.6 Å². The largest absolute Gasteiger partial charge is 0.322 e. The van der Waals surface area contributed by atoms with Crippen LogP contribution in [0.3, 0.4) is 0 Å². The number of hydrogen-bond donors (Lipinski definition) is 2. The molecule has 5 nitrogen and oxygen atoms in total. The Kier molecular flexibility index (Phi) is 5.51. The highest BCUT2D eigenvalue weighted by atomic mass is 32.2. The highest BCUT2D eigenvalue weighted by Gasteiger charge is 2.14. The van der Waals surface area contributed by atoms with Crippen molar-refractivity contribution in [1.29, 1.82) is 0 Å². The summed E-state index contributed by atoms with van der Waals surface area (Å²) in [7, 11) is -3.66. The molecule has 0 spiro atoms. The maximum Gasteiger partial charge on any atom is 0.261 e. The minimum Gasteiger partial charge on any atom is -0.322 e. The Morgan fingerprint density at radius 3 is 1.96 bits per heavy atom. The number of anilines is 2. The van der Waals surface area contributed by atoms with E-state index in [0.29, 0.717) is 11.3 Å². The van der Waals surface area contributed by atoms with Gasteiger partial charge in [-0.1, -0.05) is 35.9 Å². The van der Waals surface area contributed by atoms with E-state index in [2.05, 4.69) is 10.0 Å². The van der Waals surface area contributed by atoms with Crippen molar-refractivity contribution in [3.63, 3.8) is 0 Å². The Morgan fingerprint density at radius 2 is 1.39 bits per heavy atom. The average Bonchev–Trinajstić information content (AvgIpc) is 2.65. The smallest absolute Gasteiger partial charge is 0.261 e. The van der Waals surface area contributed by atoms with Crippen LogP contribution >= 0.6 is 0 Å². The summed E-state index contributed by atoms with van der Waals surface area (Å²) in [6.45, 7) is 5.93. The molecular formula is C22H22N2O3S. The topological polar surface area (TPSA) is 75.3 Å². The minimum absolute atomic E-state index is 0.183. The predicted molar refractivity (Wildman–Crippen MR) is 112 cm³/mol. The molecule has 0 fully saturated rings. The van der Waals surface area contributed by atoms with E-state index in [1.807, 2.05) is 32.9 Å². The van der Waals surface area contributed by atoms with Crippen molar-refractivity contribution in [2.24, 2.45) is 0 Å². The first-order valence-corrected chi connectivity index (χ1v) is 10.3. The zero-order valence-corrected chi connectivity index (χ0v) is 16.8. The summed E-state index contributed by atoms with van der Waals surface area (Å²) in [4.78, 5) is 12.8. The SMILES string of the molecule is Cc1cc(C)c(NC(=O)c2ccc(NS(=O)(=O)c3ccccc3)cc2)c(C)c1. The molecule has 3 aromatic carbocycles. The monoisotopic (exact) mass is 394 g/mol. The second-order valence-electron chi connectivity index (χ2n) is 6.72. The van der Waals surface area contributed by atoms with Gasteiger partial charge in [0.05, 0.1) is 4.90 Å². The summed E-state index contributed by atoms with van der Waals surface area (Å²) in [5.41, 5.74) is 4.77. The van der Waals surface area contributed by atoms with E-state index < -0.39 is 10.0 Å². The van der Waals surface area contributed by atoms with E-state index in [1.54, 1.807) is 42.5 Å². The molecule has 0 atom stereocenters. The number of nitrogens with one attached hydrogen (secondary N) is 2. The molecule has 0 radical (unpaired) electrons. The van der Waals surface area contributed by atoms with Crippen LogP contribution < -0.4 is 10.0 Å². The van der Waals surface area contributed by atoms with Crippen LogP contribution in [-0.4, -0.2) is 14.3 Å². The number of carbonyl (C=O) groups excluding carboxylic acids is 1. The van der Waals surface area contributed by atoms with Gasteiger partial charge in [0.2, 0.25) is 0 Å². The number of benzene rings is 3. The van der Waals surface area contributed by atoms with E-state index in [-0.39, 0.29) is 10.8 Å². The van der Waals surface area contributed by atoms with Gasteiger partial charge >= 0.3 is 0 Å². The van der Waals surface area contributed by atoms with Crippen molar-refractivity contribution < 1.29 is 13.2 Å². The average molecular weight is 394 g/mol. The third-order valence-electron chi connectivity index (χ3n) is 4.37. The summed E-state index contributed by atoms with van der Waals surface area (Å²) in [5.74, 6) is -0.243. The molecule has 0 aliphatic heterocycles. The van der Waals surface area contributed by atoms with Gasteiger partial charge in [0.15, 0.2) is 0 Å². The Bertz CT molecular complexity index is 1080. The lowest BCUT2D eigenvalue weighted by Gasteiger charge is -2.13. The lowest BCUT2D eigenvalue weighted by Crippen LogP contribution is -2.15. The summed E-state index contributed by atoms with van der Waals surface area (Å²) < 4.78 is 27.3. The van der Waals surface area contributed by atoms with Gasteiger partial charge < -0.3 is 5.32 Å². The molecule has 0 heterocycles. The van der Waals surface area contributed by atoms with Crippen molar-refractivity contribution in [1.82, 2.24) is 0 Å². The summed E-state index contributed by atoms with van der Waals surface area (Å²) in [6.07, 6.45) is 0. The van der Waals surface area contributed by atoms with Gasteiger partial charge in [0.25, 0.3) is 15.9 Å². The molecule has 28 heavy (non-hydrogen) atoms.